The first kappa shape index (κ1) is 9.54. The summed E-state index contributed by atoms with van der Waals surface area (Å²) in [6.45, 7) is 2.66. The lowest BCUT2D eigenvalue weighted by Crippen LogP contribution is -2.02. The van der Waals surface area contributed by atoms with Crippen molar-refractivity contribution >= 4 is 11.8 Å². The van der Waals surface area contributed by atoms with Crippen LogP contribution in [0.2, 0.25) is 0 Å². The van der Waals surface area contributed by atoms with Crippen molar-refractivity contribution < 1.29 is 4.52 Å². The molecule has 68 valence electrons. The topological polar surface area (TPSA) is 64.9 Å². The quantitative estimate of drug-likeness (QED) is 0.739. The molecule has 1 aromatic rings. The molecular formula is C7H13N3OS. The van der Waals surface area contributed by atoms with Gasteiger partial charge in [-0.2, -0.15) is 16.7 Å². The summed E-state index contributed by atoms with van der Waals surface area (Å²) in [5, 5.41) is 3.81. The van der Waals surface area contributed by atoms with E-state index in [2.05, 4.69) is 17.1 Å². The van der Waals surface area contributed by atoms with Crippen LogP contribution in [0.25, 0.3) is 0 Å². The average molecular weight is 187 g/mol. The molecule has 0 aliphatic rings. The van der Waals surface area contributed by atoms with E-state index in [1.54, 1.807) is 11.8 Å². The Morgan fingerprint density at radius 3 is 3.08 bits per heavy atom. The third-order valence-corrected chi connectivity index (χ3v) is 2.17. The number of thioether (sulfide) groups is 1. The third-order valence-electron chi connectivity index (χ3n) is 1.30. The van der Waals surface area contributed by atoms with E-state index >= 15 is 0 Å². The van der Waals surface area contributed by atoms with Gasteiger partial charge in [-0.3, -0.25) is 0 Å². The first-order chi connectivity index (χ1) is 5.86. The van der Waals surface area contributed by atoms with Crippen LogP contribution in [0.5, 0.6) is 0 Å². The Morgan fingerprint density at radius 1 is 1.58 bits per heavy atom. The second kappa shape index (κ2) is 5.16. The van der Waals surface area contributed by atoms with Gasteiger partial charge in [0.25, 0.3) is 0 Å². The largest absolute Gasteiger partial charge is 0.339 e. The summed E-state index contributed by atoms with van der Waals surface area (Å²) >= 11 is 1.78. The third kappa shape index (κ3) is 2.83. The van der Waals surface area contributed by atoms with Crippen LogP contribution < -0.4 is 5.73 Å². The van der Waals surface area contributed by atoms with Crippen LogP contribution in [0, 0.1) is 0 Å². The summed E-state index contributed by atoms with van der Waals surface area (Å²) in [4.78, 5) is 4.16. The van der Waals surface area contributed by atoms with Gasteiger partial charge in [0, 0.05) is 13.0 Å². The molecule has 4 nitrogen and oxygen atoms in total. The molecule has 1 heterocycles. The Kier molecular flexibility index (Phi) is 4.10. The molecule has 5 heteroatoms. The van der Waals surface area contributed by atoms with Gasteiger partial charge in [0.2, 0.25) is 5.89 Å². The minimum Gasteiger partial charge on any atom is -0.339 e. The van der Waals surface area contributed by atoms with E-state index in [1.165, 1.54) is 0 Å². The fraction of sp³-hybridized carbons (Fsp3) is 0.714. The fourth-order valence-corrected chi connectivity index (χ4v) is 1.27. The molecule has 0 atom stereocenters. The molecule has 0 unspecified atom stereocenters. The maximum Gasteiger partial charge on any atom is 0.227 e. The SMILES string of the molecule is CCSCc1noc(CCN)n1. The van der Waals surface area contributed by atoms with Crippen molar-refractivity contribution in [1.82, 2.24) is 10.1 Å². The number of hydrogen-bond acceptors (Lipinski definition) is 5. The molecule has 12 heavy (non-hydrogen) atoms. The van der Waals surface area contributed by atoms with Crippen molar-refractivity contribution in [2.24, 2.45) is 5.73 Å². The number of hydrogen-bond donors (Lipinski definition) is 1. The van der Waals surface area contributed by atoms with Gasteiger partial charge < -0.3 is 10.3 Å². The summed E-state index contributed by atoms with van der Waals surface area (Å²) in [7, 11) is 0. The highest BCUT2D eigenvalue weighted by Crippen LogP contribution is 2.08. The van der Waals surface area contributed by atoms with Gasteiger partial charge in [0.05, 0.1) is 5.75 Å². The van der Waals surface area contributed by atoms with E-state index < -0.39 is 0 Å². The number of nitrogens with zero attached hydrogens (tertiary/aromatic N) is 2. The second-order valence-corrected chi connectivity index (χ2v) is 3.55. The minimum atomic E-state index is 0.558. The van der Waals surface area contributed by atoms with Crippen LogP contribution in [0.3, 0.4) is 0 Å². The Morgan fingerprint density at radius 2 is 2.42 bits per heavy atom. The van der Waals surface area contributed by atoms with Gasteiger partial charge in [0.15, 0.2) is 5.82 Å². The van der Waals surface area contributed by atoms with Gasteiger partial charge in [0.1, 0.15) is 0 Å². The monoisotopic (exact) mass is 187 g/mol. The number of nitrogens with two attached hydrogens (primary N) is 1. The lowest BCUT2D eigenvalue weighted by Gasteiger charge is -1.88. The molecule has 2 N–H and O–H groups in total. The fourth-order valence-electron chi connectivity index (χ4n) is 0.767. The van der Waals surface area contributed by atoms with Crippen LogP contribution in [-0.4, -0.2) is 22.4 Å². The van der Waals surface area contributed by atoms with Crippen molar-refractivity contribution in [1.29, 1.82) is 0 Å². The van der Waals surface area contributed by atoms with Crippen molar-refractivity contribution in [2.75, 3.05) is 12.3 Å². The van der Waals surface area contributed by atoms with Gasteiger partial charge in [-0.05, 0) is 5.75 Å². The molecule has 0 amide bonds. The maximum absolute atomic E-state index is 5.34. The minimum absolute atomic E-state index is 0.558. The zero-order valence-electron chi connectivity index (χ0n) is 7.12. The Bertz CT molecular complexity index is 226. The maximum atomic E-state index is 5.34. The molecule has 0 radical (unpaired) electrons. The van der Waals surface area contributed by atoms with E-state index in [1.807, 2.05) is 0 Å². The molecule has 0 aromatic carbocycles. The first-order valence-corrected chi connectivity index (χ1v) is 5.11. The van der Waals surface area contributed by atoms with Crippen LogP contribution >= 0.6 is 11.8 Å². The highest BCUT2D eigenvalue weighted by atomic mass is 32.2. The van der Waals surface area contributed by atoms with E-state index in [-0.39, 0.29) is 0 Å². The van der Waals surface area contributed by atoms with E-state index in [0.29, 0.717) is 18.9 Å². The average Bonchev–Trinajstić information content (AvgIpc) is 2.50. The normalized spacial score (nSPS) is 10.5. The highest BCUT2D eigenvalue weighted by molar-refractivity contribution is 7.98. The Hall–Kier alpha value is -0.550. The predicted molar refractivity (Wildman–Crippen MR) is 48.9 cm³/mol. The molecule has 1 aromatic heterocycles. The molecule has 0 aliphatic heterocycles. The summed E-state index contributed by atoms with van der Waals surface area (Å²) in [5.41, 5.74) is 5.34. The standard InChI is InChI=1S/C7H13N3OS/c1-2-12-5-6-9-7(3-4-8)11-10-6/h2-5,8H2,1H3. The molecule has 0 fully saturated rings. The summed E-state index contributed by atoms with van der Waals surface area (Å²) in [5.74, 6) is 3.31. The van der Waals surface area contributed by atoms with Crippen molar-refractivity contribution in [3.63, 3.8) is 0 Å². The molecular weight excluding hydrogens is 174 g/mol. The Balaban J connectivity index is 2.41. The predicted octanol–water partition coefficient (Wildman–Crippen LogP) is 0.824. The van der Waals surface area contributed by atoms with Crippen molar-refractivity contribution in [2.45, 2.75) is 19.1 Å². The van der Waals surface area contributed by atoms with Crippen molar-refractivity contribution in [3.8, 4) is 0 Å². The van der Waals surface area contributed by atoms with E-state index in [4.69, 9.17) is 10.3 Å². The molecule has 1 rings (SSSR count). The van der Waals surface area contributed by atoms with Crippen LogP contribution in [0.1, 0.15) is 18.6 Å². The van der Waals surface area contributed by atoms with Crippen LogP contribution in [0.15, 0.2) is 4.52 Å². The Labute approximate surface area is 75.9 Å². The van der Waals surface area contributed by atoms with Gasteiger partial charge in [-0.15, -0.1) is 0 Å². The molecule has 0 bridgehead atoms. The van der Waals surface area contributed by atoms with E-state index in [9.17, 15) is 0 Å². The number of aromatic nitrogens is 2. The smallest absolute Gasteiger partial charge is 0.227 e. The molecule has 0 saturated carbocycles. The molecule has 0 aliphatic carbocycles. The number of rotatable bonds is 5. The summed E-state index contributed by atoms with van der Waals surface area (Å²) < 4.78 is 4.95. The lowest BCUT2D eigenvalue weighted by molar-refractivity contribution is 0.376. The molecule has 0 saturated heterocycles. The van der Waals surface area contributed by atoms with Gasteiger partial charge in [-0.25, -0.2) is 0 Å². The van der Waals surface area contributed by atoms with Crippen molar-refractivity contribution in [3.05, 3.63) is 11.7 Å². The van der Waals surface area contributed by atoms with Crippen LogP contribution in [-0.2, 0) is 12.2 Å². The van der Waals surface area contributed by atoms with E-state index in [0.717, 1.165) is 17.3 Å². The highest BCUT2D eigenvalue weighted by Gasteiger charge is 2.03. The zero-order valence-corrected chi connectivity index (χ0v) is 7.93. The lowest BCUT2D eigenvalue weighted by atomic mass is 10.4. The first-order valence-electron chi connectivity index (χ1n) is 3.96. The summed E-state index contributed by atoms with van der Waals surface area (Å²) in [6, 6.07) is 0. The van der Waals surface area contributed by atoms with Gasteiger partial charge in [-0.1, -0.05) is 12.1 Å². The molecule has 0 spiro atoms. The second-order valence-electron chi connectivity index (χ2n) is 2.28. The summed E-state index contributed by atoms with van der Waals surface area (Å²) in [6.07, 6.45) is 0.670. The van der Waals surface area contributed by atoms with Gasteiger partial charge >= 0.3 is 0 Å². The van der Waals surface area contributed by atoms with Crippen LogP contribution in [0.4, 0.5) is 0 Å². The zero-order chi connectivity index (χ0) is 8.81.